The first-order valence-electron chi connectivity index (χ1n) is 25.4. The van der Waals surface area contributed by atoms with Crippen LogP contribution in [-0.4, -0.2) is 218 Å². The van der Waals surface area contributed by atoms with E-state index in [0.29, 0.717) is 19.3 Å². The molecule has 0 radical (unpaired) electrons. The molecule has 0 spiro atoms. The molecule has 0 bridgehead atoms. The number of aryl methyl sites for hydroxylation is 4. The summed E-state index contributed by atoms with van der Waals surface area (Å²) >= 11 is 0. The van der Waals surface area contributed by atoms with Crippen LogP contribution in [-0.2, 0) is 71.3 Å². The van der Waals surface area contributed by atoms with Crippen molar-refractivity contribution < 1.29 is 84.9 Å². The zero-order valence-corrected chi connectivity index (χ0v) is 45.3. The summed E-state index contributed by atoms with van der Waals surface area (Å²) < 4.78 is 68.0. The Morgan fingerprint density at radius 1 is 0.731 bits per heavy atom. The summed E-state index contributed by atoms with van der Waals surface area (Å²) in [5, 5.41) is 51.5. The van der Waals surface area contributed by atoms with Gasteiger partial charge in [0.2, 0.25) is 33.7 Å². The number of carbonyl (C=O) groups is 8. The van der Waals surface area contributed by atoms with Crippen molar-refractivity contribution in [2.75, 3.05) is 96.2 Å². The molecule has 1 aromatic carbocycles. The van der Waals surface area contributed by atoms with Crippen LogP contribution in [0.1, 0.15) is 73.8 Å². The van der Waals surface area contributed by atoms with Crippen molar-refractivity contribution in [2.45, 2.75) is 101 Å². The highest BCUT2D eigenvalue weighted by Gasteiger charge is 2.32. The van der Waals surface area contributed by atoms with Crippen molar-refractivity contribution in [1.29, 1.82) is 0 Å². The third-order valence-corrected chi connectivity index (χ3v) is 15.2. The molecular formula is C48H72N10O18S2. The molecule has 4 rings (SSSR count). The lowest BCUT2D eigenvalue weighted by Gasteiger charge is -2.30. The predicted molar refractivity (Wildman–Crippen MR) is 279 cm³/mol. The maximum Gasteiger partial charge on any atom is 0.323 e. The lowest BCUT2D eigenvalue weighted by atomic mass is 10.1. The Balaban J connectivity index is 1.18. The summed E-state index contributed by atoms with van der Waals surface area (Å²) in [6, 6.07) is 2.07. The molecule has 3 atom stereocenters. The third kappa shape index (κ3) is 22.8. The molecule has 434 valence electrons. The van der Waals surface area contributed by atoms with Gasteiger partial charge in [0.05, 0.1) is 24.6 Å². The summed E-state index contributed by atoms with van der Waals surface area (Å²) in [6.07, 6.45) is 3.22. The number of nitrogens with zero attached hydrogens (tertiary/aromatic N) is 4. The minimum absolute atomic E-state index is 0.00953. The second-order valence-electron chi connectivity index (χ2n) is 19.0. The predicted octanol–water partition coefficient (Wildman–Crippen LogP) is -1.60. The van der Waals surface area contributed by atoms with Gasteiger partial charge in [-0.3, -0.25) is 57.6 Å². The number of carboxylic acid groups (broad SMARTS) is 4. The minimum Gasteiger partial charge on any atom is -0.494 e. The number of ether oxygens (including phenoxy) is 1. The maximum atomic E-state index is 13.5. The summed E-state index contributed by atoms with van der Waals surface area (Å²) in [7, 11) is -9.26. The first-order valence-corrected chi connectivity index (χ1v) is 28.5. The summed E-state index contributed by atoms with van der Waals surface area (Å²) in [6.45, 7) is 2.96. The number of benzene rings is 1. The van der Waals surface area contributed by atoms with E-state index in [9.17, 15) is 80.2 Å². The van der Waals surface area contributed by atoms with Crippen LogP contribution in [0.15, 0.2) is 29.2 Å². The molecule has 0 aliphatic carbocycles. The molecule has 0 saturated carbocycles. The van der Waals surface area contributed by atoms with Crippen LogP contribution in [0.2, 0.25) is 0 Å². The van der Waals surface area contributed by atoms with Gasteiger partial charge in [-0.15, -0.1) is 0 Å². The lowest BCUT2D eigenvalue weighted by molar-refractivity contribution is -0.145. The molecular weight excluding hydrogens is 1070 g/mol. The van der Waals surface area contributed by atoms with E-state index in [1.54, 1.807) is 0 Å². The van der Waals surface area contributed by atoms with Crippen molar-refractivity contribution in [3.05, 3.63) is 46.6 Å². The largest absolute Gasteiger partial charge is 0.494 e. The average molecular weight is 1140 g/mol. The van der Waals surface area contributed by atoms with Crippen LogP contribution in [0.3, 0.4) is 0 Å². The molecule has 2 aliphatic heterocycles. The Morgan fingerprint density at radius 3 is 1.94 bits per heavy atom. The fourth-order valence-electron chi connectivity index (χ4n) is 8.83. The van der Waals surface area contributed by atoms with Gasteiger partial charge in [-0.1, -0.05) is 6.07 Å². The second-order valence-corrected chi connectivity index (χ2v) is 22.1. The van der Waals surface area contributed by atoms with Crippen molar-refractivity contribution in [2.24, 2.45) is 0 Å². The topological polar surface area (TPSA) is 410 Å². The Morgan fingerprint density at radius 2 is 1.33 bits per heavy atom. The number of hydrogen-bond donors (Lipinski definition) is 11. The van der Waals surface area contributed by atoms with Gasteiger partial charge in [0, 0.05) is 90.4 Å². The van der Waals surface area contributed by atoms with Crippen LogP contribution >= 0.6 is 0 Å². The van der Waals surface area contributed by atoms with Gasteiger partial charge in [0.25, 0.3) is 10.1 Å². The number of nitrogens with one attached hydrogen (secondary N) is 6. The highest BCUT2D eigenvalue weighted by molar-refractivity contribution is 7.89. The minimum atomic E-state index is -4.84. The van der Waals surface area contributed by atoms with Crippen LogP contribution in [0.5, 0.6) is 5.75 Å². The van der Waals surface area contributed by atoms with Crippen LogP contribution in [0, 0.1) is 13.8 Å². The van der Waals surface area contributed by atoms with Crippen molar-refractivity contribution >= 4 is 73.5 Å². The zero-order valence-electron chi connectivity index (χ0n) is 43.7. The van der Waals surface area contributed by atoms with E-state index in [0.717, 1.165) is 30.9 Å². The number of unbranched alkanes of at least 4 members (excludes halogenated alkanes) is 1. The highest BCUT2D eigenvalue weighted by atomic mass is 32.2. The Labute approximate surface area is 452 Å². The van der Waals surface area contributed by atoms with Crippen LogP contribution in [0.4, 0.5) is 5.82 Å². The molecule has 0 unspecified atom stereocenters. The molecule has 1 fully saturated rings. The fraction of sp³-hybridized carbons (Fsp3) is 0.604. The van der Waals surface area contributed by atoms with Crippen LogP contribution < -0.4 is 36.0 Å². The van der Waals surface area contributed by atoms with E-state index in [2.05, 4.69) is 42.4 Å². The van der Waals surface area contributed by atoms with Gasteiger partial charge in [0.1, 0.15) is 35.4 Å². The standard InChI is InChI=1S/C48H72N10O18S2/c1-31-25-35(26-32(2)44(31)78(74,75)55-36(47(67)68)27-52-40(60)9-4-3-8-34-12-11-33-7-5-15-50-45(33)53-34)76-24-6-10-39(59)49-16-17-51-46(66)37(30-77(71,72)73)54-41(61)14-13-38(48(69)70)58-22-20-56(28-42(62)63)18-19-57(21-23-58)29-43(64)65/h11-12,25-26,36-38,55H,3-10,13-24,27-30H2,1-2H3,(H,49,59)(H,50,53)(H,51,66)(H,52,60)(H,54,61)(H,62,63)(H,64,65)(H,67,68)(H,69,70)(H,71,72,73)/t36-,37+,38-/m1/s1. The van der Waals surface area contributed by atoms with Crippen molar-refractivity contribution in [3.8, 4) is 5.75 Å². The van der Waals surface area contributed by atoms with E-state index in [1.807, 2.05) is 6.07 Å². The van der Waals surface area contributed by atoms with Gasteiger partial charge in [-0.25, -0.2) is 13.4 Å². The molecule has 30 heteroatoms. The second kappa shape index (κ2) is 31.1. The number of anilines is 1. The first kappa shape index (κ1) is 64.0. The number of hydrogen-bond acceptors (Lipinski definition) is 18. The number of aliphatic carboxylic acids is 4. The van der Waals surface area contributed by atoms with Gasteiger partial charge < -0.3 is 51.7 Å². The summed E-state index contributed by atoms with van der Waals surface area (Å²) in [4.78, 5) is 107. The SMILES string of the molecule is Cc1cc(OCCCC(=O)NCCNC(=O)[C@H](CS(=O)(=O)O)NC(=O)CC[C@H](C(=O)O)N2CCN(CC(=O)O)CCN(CC(=O)O)CC2)cc(C)c1S(=O)(=O)N[C@H](CNC(=O)CCCCc1ccc2c(n1)NCCC2)C(=O)O. The van der Waals surface area contributed by atoms with E-state index in [4.69, 9.17) is 4.74 Å². The van der Waals surface area contributed by atoms with Gasteiger partial charge in [-0.05, 0) is 93.7 Å². The van der Waals surface area contributed by atoms with E-state index < -0.39 is 104 Å². The van der Waals surface area contributed by atoms with E-state index in [-0.39, 0.29) is 120 Å². The maximum absolute atomic E-state index is 13.5. The molecule has 2 aromatic rings. The molecule has 3 heterocycles. The smallest absolute Gasteiger partial charge is 0.323 e. The number of amides is 4. The summed E-state index contributed by atoms with van der Waals surface area (Å²) in [5.74, 6) is -8.08. The van der Waals surface area contributed by atoms with Gasteiger partial charge in [0.15, 0.2) is 0 Å². The molecule has 4 amide bonds. The van der Waals surface area contributed by atoms with Gasteiger partial charge >= 0.3 is 23.9 Å². The number of sulfonamides is 1. The molecule has 11 N–H and O–H groups in total. The van der Waals surface area contributed by atoms with Crippen molar-refractivity contribution in [3.63, 3.8) is 0 Å². The van der Waals surface area contributed by atoms with E-state index in [1.165, 1.54) is 46.2 Å². The zero-order chi connectivity index (χ0) is 57.6. The molecule has 2 aliphatic rings. The normalized spacial score (nSPS) is 15.8. The number of pyridine rings is 1. The number of aromatic nitrogens is 1. The molecule has 1 saturated heterocycles. The van der Waals surface area contributed by atoms with Crippen LogP contribution in [0.25, 0.3) is 0 Å². The fourth-order valence-corrected chi connectivity index (χ4v) is 11.1. The van der Waals surface area contributed by atoms with E-state index >= 15 is 0 Å². The third-order valence-electron chi connectivity index (χ3n) is 12.7. The Kier molecular flexibility index (Phi) is 25.5. The monoisotopic (exact) mass is 1140 g/mol. The molecule has 1 aromatic heterocycles. The number of carboxylic acids is 4. The quantitative estimate of drug-likeness (QED) is 0.0290. The van der Waals surface area contributed by atoms with Crippen molar-refractivity contribution in [1.82, 2.24) is 45.7 Å². The molecule has 78 heavy (non-hydrogen) atoms. The average Bonchev–Trinajstić information content (AvgIpc) is 3.44. The van der Waals surface area contributed by atoms with Gasteiger partial charge in [-0.2, -0.15) is 13.1 Å². The first-order chi connectivity index (χ1) is 36.8. The Hall–Kier alpha value is -6.57. The number of fused-ring (bicyclic) bond motifs is 1. The number of rotatable bonds is 32. The highest BCUT2D eigenvalue weighted by Crippen LogP contribution is 2.27. The molecule has 28 nitrogen and oxygen atoms in total. The summed E-state index contributed by atoms with van der Waals surface area (Å²) in [5.41, 5.74) is 2.54. The Bertz CT molecular complexity index is 2630. The number of carbonyl (C=O) groups excluding carboxylic acids is 4. The lowest BCUT2D eigenvalue weighted by Crippen LogP contribution is -2.52.